The molecule has 43 heavy (non-hydrogen) atoms. The lowest BCUT2D eigenvalue weighted by atomic mass is 9.79. The SMILES string of the molecule is COc1ccc(C(OC[C@@]23C[C@@H](N)[C@@H]([C@H](n4cc(C)c(=O)[nH]c4=O)O2)[C@@H]3O)(c2ccccc2)c2ccc(OC)cc2)cc1. The molecule has 4 aromatic rings. The number of nitrogens with zero attached hydrogens (tertiary/aromatic N) is 1. The van der Waals surface area contributed by atoms with Gasteiger partial charge in [-0.3, -0.25) is 14.3 Å². The first-order valence-corrected chi connectivity index (χ1v) is 14.1. The summed E-state index contributed by atoms with van der Waals surface area (Å²) in [4.78, 5) is 27.2. The molecule has 0 radical (unpaired) electrons. The van der Waals surface area contributed by atoms with Crippen LogP contribution < -0.4 is 26.5 Å². The van der Waals surface area contributed by atoms with E-state index < -0.39 is 46.7 Å². The van der Waals surface area contributed by atoms with E-state index in [1.54, 1.807) is 21.1 Å². The van der Waals surface area contributed by atoms with Crippen molar-refractivity contribution in [1.29, 1.82) is 0 Å². The molecule has 6 rings (SSSR count). The van der Waals surface area contributed by atoms with Gasteiger partial charge in [0.05, 0.1) is 26.9 Å². The van der Waals surface area contributed by atoms with Crippen LogP contribution in [0.4, 0.5) is 0 Å². The molecule has 0 amide bonds. The van der Waals surface area contributed by atoms with Gasteiger partial charge in [0.15, 0.2) is 0 Å². The minimum Gasteiger partial charge on any atom is -0.497 e. The zero-order valence-electron chi connectivity index (χ0n) is 24.2. The standard InChI is InChI=1S/C33H35N3O7/c1-20-18-36(31(39)35-29(20)38)30-27-26(34)17-32(43-30,28(27)37)19-42-33(21-7-5-4-6-8-21,22-9-13-24(40-2)14-10-22)23-11-15-25(41-3)16-12-23/h4-16,18,26-28,30,37H,17,19,34H2,1-3H3,(H,35,38,39)/t26-,27-,28+,30-,32-/m1/s1. The largest absolute Gasteiger partial charge is 0.497 e. The van der Waals surface area contributed by atoms with Crippen molar-refractivity contribution in [3.05, 3.63) is 128 Å². The van der Waals surface area contributed by atoms with Crippen molar-refractivity contribution < 1.29 is 24.1 Å². The normalized spacial score (nSPS) is 24.7. The van der Waals surface area contributed by atoms with Crippen LogP contribution in [0.3, 0.4) is 0 Å². The number of rotatable bonds is 9. The van der Waals surface area contributed by atoms with Gasteiger partial charge >= 0.3 is 5.69 Å². The Hall–Kier alpha value is -4.22. The number of hydrogen-bond donors (Lipinski definition) is 3. The van der Waals surface area contributed by atoms with Gasteiger partial charge in [0.2, 0.25) is 0 Å². The Morgan fingerprint density at radius 2 is 1.51 bits per heavy atom. The maximum Gasteiger partial charge on any atom is 0.330 e. The highest BCUT2D eigenvalue weighted by molar-refractivity contribution is 5.49. The third kappa shape index (κ3) is 4.76. The Morgan fingerprint density at radius 3 is 2.07 bits per heavy atom. The summed E-state index contributed by atoms with van der Waals surface area (Å²) < 4.78 is 25.7. The highest BCUT2D eigenvalue weighted by Gasteiger charge is 2.64. The topological polar surface area (TPSA) is 138 Å². The van der Waals surface area contributed by atoms with Crippen LogP contribution in [0.5, 0.6) is 11.5 Å². The fourth-order valence-electron chi connectivity index (χ4n) is 6.55. The van der Waals surface area contributed by atoms with E-state index in [1.165, 1.54) is 10.8 Å². The summed E-state index contributed by atoms with van der Waals surface area (Å²) in [5.41, 5.74) is 5.99. The van der Waals surface area contributed by atoms with Crippen molar-refractivity contribution in [3.8, 4) is 11.5 Å². The van der Waals surface area contributed by atoms with E-state index >= 15 is 0 Å². The van der Waals surface area contributed by atoms with Gasteiger partial charge in [-0.25, -0.2) is 4.79 Å². The van der Waals surface area contributed by atoms with Crippen molar-refractivity contribution in [2.45, 2.75) is 42.9 Å². The molecule has 2 bridgehead atoms. The van der Waals surface area contributed by atoms with E-state index in [1.807, 2.05) is 78.9 Å². The van der Waals surface area contributed by atoms with Crippen LogP contribution in [0.1, 0.15) is 34.9 Å². The second-order valence-electron chi connectivity index (χ2n) is 11.2. The monoisotopic (exact) mass is 585 g/mol. The number of aromatic amines is 1. The molecule has 3 aromatic carbocycles. The number of aromatic nitrogens is 2. The Balaban J connectivity index is 1.46. The molecule has 10 heteroatoms. The number of benzene rings is 3. The molecule has 2 fully saturated rings. The molecule has 0 spiro atoms. The molecule has 1 aromatic heterocycles. The first-order chi connectivity index (χ1) is 20.7. The molecule has 1 saturated heterocycles. The number of aliphatic hydroxyl groups excluding tert-OH is 1. The van der Waals surface area contributed by atoms with Crippen LogP contribution in [-0.4, -0.2) is 53.2 Å². The van der Waals surface area contributed by atoms with Crippen LogP contribution >= 0.6 is 0 Å². The van der Waals surface area contributed by atoms with Gasteiger partial charge in [0, 0.05) is 23.7 Å². The van der Waals surface area contributed by atoms with E-state index in [-0.39, 0.29) is 6.61 Å². The second kappa shape index (κ2) is 11.1. The maximum absolute atomic E-state index is 12.8. The molecule has 0 unspecified atom stereocenters. The second-order valence-corrected chi connectivity index (χ2v) is 11.2. The fraction of sp³-hybridized carbons (Fsp3) is 0.333. The number of H-pyrrole nitrogens is 1. The summed E-state index contributed by atoms with van der Waals surface area (Å²) in [5, 5.41) is 11.6. The number of methoxy groups -OCH3 is 2. The van der Waals surface area contributed by atoms with Crippen molar-refractivity contribution >= 4 is 0 Å². The number of ether oxygens (including phenoxy) is 4. The highest BCUT2D eigenvalue weighted by Crippen LogP contribution is 2.53. The number of fused-ring (bicyclic) bond motifs is 2. The van der Waals surface area contributed by atoms with Crippen molar-refractivity contribution in [2.75, 3.05) is 20.8 Å². The molecule has 5 atom stereocenters. The zero-order valence-corrected chi connectivity index (χ0v) is 24.2. The van der Waals surface area contributed by atoms with Crippen molar-refractivity contribution in [3.63, 3.8) is 0 Å². The van der Waals surface area contributed by atoms with Gasteiger partial charge in [-0.1, -0.05) is 54.6 Å². The van der Waals surface area contributed by atoms with E-state index in [2.05, 4.69) is 4.98 Å². The number of nitrogens with two attached hydrogens (primary N) is 1. The lowest BCUT2D eigenvalue weighted by Gasteiger charge is -2.40. The molecule has 2 aliphatic rings. The average molecular weight is 586 g/mol. The Morgan fingerprint density at radius 1 is 0.953 bits per heavy atom. The summed E-state index contributed by atoms with van der Waals surface area (Å²) in [6.07, 6.45) is -0.128. The van der Waals surface area contributed by atoms with Crippen LogP contribution in [0.25, 0.3) is 0 Å². The van der Waals surface area contributed by atoms with Gasteiger partial charge in [-0.05, 0) is 54.3 Å². The predicted molar refractivity (Wildman–Crippen MR) is 159 cm³/mol. The van der Waals surface area contributed by atoms with E-state index in [0.717, 1.165) is 16.7 Å². The van der Waals surface area contributed by atoms with Gasteiger partial charge in [-0.2, -0.15) is 0 Å². The first kappa shape index (κ1) is 28.9. The van der Waals surface area contributed by atoms with E-state index in [4.69, 9.17) is 24.7 Å². The molecule has 1 aliphatic heterocycles. The minimum atomic E-state index is -1.21. The van der Waals surface area contributed by atoms with Gasteiger partial charge < -0.3 is 29.8 Å². The molecule has 1 aliphatic carbocycles. The predicted octanol–water partition coefficient (Wildman–Crippen LogP) is 2.85. The molecule has 224 valence electrons. The Kier molecular flexibility index (Phi) is 7.47. The zero-order chi connectivity index (χ0) is 30.4. The summed E-state index contributed by atoms with van der Waals surface area (Å²) in [6, 6.07) is 24.7. The third-order valence-electron chi connectivity index (χ3n) is 8.79. The van der Waals surface area contributed by atoms with Gasteiger partial charge in [0.1, 0.15) is 28.9 Å². The quantitative estimate of drug-likeness (QED) is 0.255. The summed E-state index contributed by atoms with van der Waals surface area (Å²) in [7, 11) is 3.23. The molecule has 2 heterocycles. The van der Waals surface area contributed by atoms with Crippen LogP contribution in [0, 0.1) is 12.8 Å². The van der Waals surface area contributed by atoms with Crippen LogP contribution in [0.2, 0.25) is 0 Å². The molecular formula is C33H35N3O7. The Bertz CT molecular complexity index is 1650. The van der Waals surface area contributed by atoms with E-state index in [0.29, 0.717) is 23.5 Å². The lowest BCUT2D eigenvalue weighted by molar-refractivity contribution is -0.171. The Labute approximate surface area is 248 Å². The number of nitrogens with one attached hydrogen (secondary N) is 1. The lowest BCUT2D eigenvalue weighted by Crippen LogP contribution is -2.48. The molecular weight excluding hydrogens is 550 g/mol. The van der Waals surface area contributed by atoms with Gasteiger partial charge in [0.25, 0.3) is 5.56 Å². The minimum absolute atomic E-state index is 0.0428. The van der Waals surface area contributed by atoms with Crippen molar-refractivity contribution in [1.82, 2.24) is 9.55 Å². The summed E-state index contributed by atoms with van der Waals surface area (Å²) >= 11 is 0. The van der Waals surface area contributed by atoms with Crippen LogP contribution in [-0.2, 0) is 15.1 Å². The van der Waals surface area contributed by atoms with E-state index in [9.17, 15) is 14.7 Å². The fourth-order valence-corrected chi connectivity index (χ4v) is 6.55. The molecule has 10 nitrogen and oxygen atoms in total. The first-order valence-electron chi connectivity index (χ1n) is 14.1. The smallest absolute Gasteiger partial charge is 0.330 e. The maximum atomic E-state index is 12.8. The van der Waals surface area contributed by atoms with Crippen molar-refractivity contribution in [2.24, 2.45) is 11.7 Å². The molecule has 4 N–H and O–H groups in total. The van der Waals surface area contributed by atoms with Crippen LogP contribution in [0.15, 0.2) is 94.6 Å². The number of hydrogen-bond acceptors (Lipinski definition) is 8. The number of aryl methyl sites for hydroxylation is 1. The average Bonchev–Trinajstić information content (AvgIpc) is 3.45. The summed E-state index contributed by atoms with van der Waals surface area (Å²) in [5.74, 6) is 0.810. The highest BCUT2D eigenvalue weighted by atomic mass is 16.6. The molecule has 1 saturated carbocycles. The summed E-state index contributed by atoms with van der Waals surface area (Å²) in [6.45, 7) is 1.56. The number of aliphatic hydroxyl groups is 1. The third-order valence-corrected chi connectivity index (χ3v) is 8.79. The van der Waals surface area contributed by atoms with Gasteiger partial charge in [-0.15, -0.1) is 0 Å².